The van der Waals surface area contributed by atoms with Crippen molar-refractivity contribution in [3.63, 3.8) is 0 Å². The van der Waals surface area contributed by atoms with Crippen LogP contribution in [0.1, 0.15) is 16.7 Å². The first-order valence-corrected chi connectivity index (χ1v) is 13.6. The second kappa shape index (κ2) is 3.96. The molecule has 92 valence electrons. The highest BCUT2D eigenvalue weighted by atomic mass is 28.3. The van der Waals surface area contributed by atoms with Crippen LogP contribution in [0.5, 0.6) is 0 Å². The Morgan fingerprint density at radius 2 is 1.47 bits per heavy atom. The maximum Gasteiger partial charge on any atom is 0.0779 e. The zero-order valence-electron chi connectivity index (χ0n) is 12.0. The molecule has 1 aliphatic carbocycles. The molecule has 0 spiro atoms. The number of hydrogen-bond donors (Lipinski definition) is 0. The number of rotatable bonds is 2. The van der Waals surface area contributed by atoms with E-state index in [1.807, 2.05) is 0 Å². The molecule has 1 aromatic carbocycles. The molecule has 0 bridgehead atoms. The summed E-state index contributed by atoms with van der Waals surface area (Å²) in [6.45, 7) is 14.8. The third kappa shape index (κ3) is 2.33. The molecule has 0 aromatic heterocycles. The zero-order valence-corrected chi connectivity index (χ0v) is 14.0. The summed E-state index contributed by atoms with van der Waals surface area (Å²) in [6.07, 6.45) is 2.61. The molecule has 0 N–H and O–H groups in total. The van der Waals surface area contributed by atoms with Crippen LogP contribution in [0.25, 0.3) is 5.20 Å². The molecule has 0 fully saturated rings. The summed E-state index contributed by atoms with van der Waals surface area (Å²) in [6, 6.07) is 9.08. The molecule has 0 amide bonds. The van der Waals surface area contributed by atoms with Gasteiger partial charge in [-0.05, 0) is 16.7 Å². The van der Waals surface area contributed by atoms with Crippen LogP contribution in [0.2, 0.25) is 39.3 Å². The monoisotopic (exact) mass is 260 g/mol. The van der Waals surface area contributed by atoms with E-state index in [0.717, 1.165) is 5.54 Å². The third-order valence-electron chi connectivity index (χ3n) is 3.66. The van der Waals surface area contributed by atoms with Crippen LogP contribution in [0, 0.1) is 0 Å². The van der Waals surface area contributed by atoms with Crippen molar-refractivity contribution < 1.29 is 0 Å². The van der Waals surface area contributed by atoms with Gasteiger partial charge in [0, 0.05) is 0 Å². The largest absolute Gasteiger partial charge is 0.0799 e. The Hall–Kier alpha value is -0.606. The first-order chi connectivity index (χ1) is 7.71. The second-order valence-electron chi connectivity index (χ2n) is 7.26. The topological polar surface area (TPSA) is 0 Å². The fourth-order valence-corrected chi connectivity index (χ4v) is 6.45. The van der Waals surface area contributed by atoms with Gasteiger partial charge in [-0.15, -0.1) is 0 Å². The highest BCUT2D eigenvalue weighted by molar-refractivity contribution is 6.94. The van der Waals surface area contributed by atoms with Gasteiger partial charge in [0.15, 0.2) is 0 Å². The molecule has 2 rings (SSSR count). The van der Waals surface area contributed by atoms with Crippen molar-refractivity contribution in [2.45, 2.75) is 44.8 Å². The smallest absolute Gasteiger partial charge is 0.0779 e. The maximum absolute atomic E-state index is 2.61. The Morgan fingerprint density at radius 3 is 2.00 bits per heavy atom. The van der Waals surface area contributed by atoms with Crippen molar-refractivity contribution in [1.29, 1.82) is 0 Å². The maximum atomic E-state index is 2.61. The van der Waals surface area contributed by atoms with Crippen LogP contribution in [-0.2, 0) is 0 Å². The minimum absolute atomic E-state index is 0.723. The van der Waals surface area contributed by atoms with E-state index in [-0.39, 0.29) is 0 Å². The highest BCUT2D eigenvalue weighted by Crippen LogP contribution is 2.44. The van der Waals surface area contributed by atoms with Crippen LogP contribution < -0.4 is 0 Å². The van der Waals surface area contributed by atoms with Crippen LogP contribution in [0.4, 0.5) is 0 Å². The van der Waals surface area contributed by atoms with Gasteiger partial charge in [-0.25, -0.2) is 0 Å². The molecule has 0 unspecified atom stereocenters. The lowest BCUT2D eigenvalue weighted by Crippen LogP contribution is -2.28. The van der Waals surface area contributed by atoms with E-state index < -0.39 is 16.1 Å². The summed E-state index contributed by atoms with van der Waals surface area (Å²) in [5.74, 6) is 0. The van der Waals surface area contributed by atoms with Crippen molar-refractivity contribution in [2.24, 2.45) is 0 Å². The average molecular weight is 261 g/mol. The van der Waals surface area contributed by atoms with Crippen LogP contribution in [-0.4, -0.2) is 16.1 Å². The Bertz CT molecular complexity index is 459. The lowest BCUT2D eigenvalue weighted by atomic mass is 10.1. The first kappa shape index (κ1) is 12.8. The predicted octanol–water partition coefficient (Wildman–Crippen LogP) is 4.92. The van der Waals surface area contributed by atoms with Crippen molar-refractivity contribution in [1.82, 2.24) is 0 Å². The third-order valence-corrected chi connectivity index (χ3v) is 8.06. The molecule has 0 saturated carbocycles. The molecule has 1 atom stereocenters. The average Bonchev–Trinajstić information content (AvgIpc) is 2.55. The van der Waals surface area contributed by atoms with Gasteiger partial charge in [0.1, 0.15) is 0 Å². The summed E-state index contributed by atoms with van der Waals surface area (Å²) in [5, 5.41) is 1.68. The quantitative estimate of drug-likeness (QED) is 0.662. The van der Waals surface area contributed by atoms with Crippen molar-refractivity contribution in [3.05, 3.63) is 41.5 Å². The number of hydrogen-bond acceptors (Lipinski definition) is 0. The molecule has 1 aromatic rings. The lowest BCUT2D eigenvalue weighted by molar-refractivity contribution is 1.16. The van der Waals surface area contributed by atoms with E-state index in [4.69, 9.17) is 0 Å². The normalized spacial score (nSPS) is 20.1. The van der Waals surface area contributed by atoms with Crippen LogP contribution in [0.15, 0.2) is 30.3 Å². The Labute approximate surface area is 108 Å². The van der Waals surface area contributed by atoms with Gasteiger partial charge in [0.25, 0.3) is 0 Å². The number of fused-ring (bicyclic) bond motifs is 1. The molecular formula is C15H24Si2. The van der Waals surface area contributed by atoms with E-state index in [0.29, 0.717) is 0 Å². The fraction of sp³-hybridized carbons (Fsp3) is 0.467. The SMILES string of the molecule is C[Si](C)(C)C1=C[C@H]([Si](C)(C)C)c2ccccc21. The Morgan fingerprint density at radius 1 is 0.882 bits per heavy atom. The van der Waals surface area contributed by atoms with Gasteiger partial charge in [-0.1, -0.05) is 74.8 Å². The van der Waals surface area contributed by atoms with Crippen LogP contribution >= 0.6 is 0 Å². The van der Waals surface area contributed by atoms with Crippen molar-refractivity contribution >= 4 is 21.3 Å². The van der Waals surface area contributed by atoms with Gasteiger partial charge in [0.05, 0.1) is 16.1 Å². The van der Waals surface area contributed by atoms with Gasteiger partial charge in [0.2, 0.25) is 0 Å². The Balaban J connectivity index is 2.58. The summed E-state index contributed by atoms with van der Waals surface area (Å²) in [4.78, 5) is 0. The van der Waals surface area contributed by atoms with Crippen molar-refractivity contribution in [2.75, 3.05) is 0 Å². The van der Waals surface area contributed by atoms with Gasteiger partial charge < -0.3 is 0 Å². The van der Waals surface area contributed by atoms with E-state index in [2.05, 4.69) is 69.6 Å². The molecule has 0 radical (unpaired) electrons. The fourth-order valence-electron chi connectivity index (χ4n) is 2.73. The summed E-state index contributed by atoms with van der Waals surface area (Å²) >= 11 is 0. The van der Waals surface area contributed by atoms with E-state index >= 15 is 0 Å². The summed E-state index contributed by atoms with van der Waals surface area (Å²) in [7, 11) is -2.36. The summed E-state index contributed by atoms with van der Waals surface area (Å²) in [5.41, 5.74) is 3.88. The molecule has 2 heteroatoms. The van der Waals surface area contributed by atoms with E-state index in [1.165, 1.54) is 0 Å². The minimum Gasteiger partial charge on any atom is -0.0799 e. The molecule has 17 heavy (non-hydrogen) atoms. The standard InChI is InChI=1S/C15H24Si2/c1-16(2,3)14-11-15(17(4,5)6)13-10-8-7-9-12(13)14/h7-11,14H,1-6H3/t14-/m0/s1. The molecular weight excluding hydrogens is 236 g/mol. The predicted molar refractivity (Wildman–Crippen MR) is 83.9 cm³/mol. The van der Waals surface area contributed by atoms with Crippen LogP contribution in [0.3, 0.4) is 0 Å². The van der Waals surface area contributed by atoms with Gasteiger partial charge >= 0.3 is 0 Å². The lowest BCUT2D eigenvalue weighted by Gasteiger charge is -2.24. The van der Waals surface area contributed by atoms with Gasteiger partial charge in [-0.3, -0.25) is 0 Å². The highest BCUT2D eigenvalue weighted by Gasteiger charge is 2.36. The van der Waals surface area contributed by atoms with Gasteiger partial charge in [-0.2, -0.15) is 0 Å². The zero-order chi connectivity index (χ0) is 12.8. The number of allylic oxidation sites excluding steroid dienone is 1. The second-order valence-corrected chi connectivity index (χ2v) is 17.7. The molecule has 1 aliphatic rings. The van der Waals surface area contributed by atoms with E-state index in [9.17, 15) is 0 Å². The summed E-state index contributed by atoms with van der Waals surface area (Å²) < 4.78 is 0. The van der Waals surface area contributed by atoms with Crippen molar-refractivity contribution in [3.8, 4) is 0 Å². The van der Waals surface area contributed by atoms with E-state index in [1.54, 1.807) is 16.3 Å². The number of benzene rings is 1. The molecule has 0 heterocycles. The molecule has 0 saturated heterocycles. The first-order valence-electron chi connectivity index (χ1n) is 6.53. The molecule has 0 aliphatic heterocycles. The minimum atomic E-state index is -1.21. The molecule has 0 nitrogen and oxygen atoms in total. The Kier molecular flexibility index (Phi) is 2.99.